The molecule has 3 rings (SSSR count). The molecule has 0 aliphatic rings. The molecule has 0 saturated heterocycles. The van der Waals surface area contributed by atoms with E-state index in [1.165, 1.54) is 6.08 Å². The summed E-state index contributed by atoms with van der Waals surface area (Å²) in [6, 6.07) is 5.64. The highest BCUT2D eigenvalue weighted by atomic mass is 32.1. The van der Waals surface area contributed by atoms with E-state index in [1.54, 1.807) is 23.6 Å². The molecule has 6 heteroatoms. The molecule has 0 aliphatic heterocycles. The van der Waals surface area contributed by atoms with Gasteiger partial charge in [0.15, 0.2) is 0 Å². The number of para-hydroxylation sites is 1. The maximum atomic E-state index is 11.9. The average Bonchev–Trinajstić information content (AvgIpc) is 3.05. The lowest BCUT2D eigenvalue weighted by Gasteiger charge is -2.02. The second kappa shape index (κ2) is 5.26. The number of nitrogens with one attached hydrogen (secondary N) is 2. The summed E-state index contributed by atoms with van der Waals surface area (Å²) in [6.07, 6.45) is 4.90. The van der Waals surface area contributed by atoms with E-state index in [1.807, 2.05) is 30.5 Å². The van der Waals surface area contributed by atoms with Crippen molar-refractivity contribution < 1.29 is 4.79 Å². The van der Waals surface area contributed by atoms with Crippen molar-refractivity contribution in [1.29, 1.82) is 0 Å². The van der Waals surface area contributed by atoms with E-state index in [-0.39, 0.29) is 5.91 Å². The van der Waals surface area contributed by atoms with Crippen molar-refractivity contribution in [1.82, 2.24) is 15.2 Å². The first-order chi connectivity index (χ1) is 9.72. The Kier molecular flexibility index (Phi) is 3.30. The Morgan fingerprint density at radius 3 is 3.15 bits per heavy atom. The van der Waals surface area contributed by atoms with Gasteiger partial charge >= 0.3 is 0 Å². The van der Waals surface area contributed by atoms with E-state index in [0.717, 1.165) is 21.6 Å². The number of rotatable bonds is 3. The summed E-state index contributed by atoms with van der Waals surface area (Å²) in [5.74, 6) is -0.197. The number of benzene rings is 1. The van der Waals surface area contributed by atoms with Crippen LogP contribution < -0.4 is 5.32 Å². The summed E-state index contributed by atoms with van der Waals surface area (Å²) in [5, 5.41) is 13.5. The molecule has 2 heterocycles. The summed E-state index contributed by atoms with van der Waals surface area (Å²) in [7, 11) is 0. The van der Waals surface area contributed by atoms with Gasteiger partial charge in [-0.25, -0.2) is 4.98 Å². The van der Waals surface area contributed by atoms with Gasteiger partial charge in [-0.3, -0.25) is 9.89 Å². The van der Waals surface area contributed by atoms with Crippen LogP contribution in [0.5, 0.6) is 0 Å². The van der Waals surface area contributed by atoms with Gasteiger partial charge in [0, 0.05) is 16.8 Å². The number of aromatic amines is 1. The van der Waals surface area contributed by atoms with E-state index in [2.05, 4.69) is 20.5 Å². The van der Waals surface area contributed by atoms with Crippen LogP contribution in [0.15, 0.2) is 35.9 Å². The number of carbonyl (C=O) groups excluding carboxylic acids is 1. The minimum absolute atomic E-state index is 0.197. The third kappa shape index (κ3) is 2.60. The van der Waals surface area contributed by atoms with Crippen LogP contribution in [-0.4, -0.2) is 21.1 Å². The Labute approximate surface area is 119 Å². The molecule has 2 aromatic heterocycles. The number of anilines is 1. The smallest absolute Gasteiger partial charge is 0.248 e. The van der Waals surface area contributed by atoms with Gasteiger partial charge in [0.2, 0.25) is 5.91 Å². The first kappa shape index (κ1) is 12.6. The molecule has 0 bridgehead atoms. The summed E-state index contributed by atoms with van der Waals surface area (Å²) in [4.78, 5) is 16.2. The number of thiazole rings is 1. The predicted molar refractivity (Wildman–Crippen MR) is 80.6 cm³/mol. The highest BCUT2D eigenvalue weighted by Gasteiger charge is 2.04. The Hall–Kier alpha value is -2.47. The topological polar surface area (TPSA) is 70.7 Å². The number of aromatic nitrogens is 3. The van der Waals surface area contributed by atoms with Crippen LogP contribution in [0.25, 0.3) is 17.0 Å². The molecule has 1 aromatic carbocycles. The molecule has 1 amide bonds. The summed E-state index contributed by atoms with van der Waals surface area (Å²) < 4.78 is 0. The molecule has 5 nitrogen and oxygen atoms in total. The maximum Gasteiger partial charge on any atom is 0.248 e. The zero-order valence-corrected chi connectivity index (χ0v) is 11.6. The molecule has 0 saturated carbocycles. The van der Waals surface area contributed by atoms with Crippen LogP contribution in [-0.2, 0) is 4.79 Å². The number of hydrogen-bond donors (Lipinski definition) is 2. The lowest BCUT2D eigenvalue weighted by molar-refractivity contribution is -0.111. The van der Waals surface area contributed by atoms with E-state index in [0.29, 0.717) is 5.69 Å². The highest BCUT2D eigenvalue weighted by molar-refractivity contribution is 7.09. The number of H-pyrrole nitrogens is 1. The number of nitrogens with zero attached hydrogens (tertiary/aromatic N) is 2. The Morgan fingerprint density at radius 2 is 2.35 bits per heavy atom. The molecule has 20 heavy (non-hydrogen) atoms. The minimum Gasteiger partial charge on any atom is -0.321 e. The fourth-order valence-corrected chi connectivity index (χ4v) is 2.45. The number of hydrogen-bond acceptors (Lipinski definition) is 4. The Balaban J connectivity index is 1.76. The van der Waals surface area contributed by atoms with Crippen molar-refractivity contribution in [2.45, 2.75) is 6.92 Å². The van der Waals surface area contributed by atoms with Crippen LogP contribution >= 0.6 is 11.3 Å². The molecule has 100 valence electrons. The van der Waals surface area contributed by atoms with Crippen molar-refractivity contribution in [2.75, 3.05) is 5.32 Å². The molecule has 0 atom stereocenters. The van der Waals surface area contributed by atoms with Crippen molar-refractivity contribution in [2.24, 2.45) is 0 Å². The minimum atomic E-state index is -0.197. The zero-order valence-electron chi connectivity index (χ0n) is 10.8. The van der Waals surface area contributed by atoms with Gasteiger partial charge in [0.05, 0.1) is 28.1 Å². The fraction of sp³-hybridized carbons (Fsp3) is 0.0714. The molecule has 3 aromatic rings. The third-order valence-corrected chi connectivity index (χ3v) is 3.57. The largest absolute Gasteiger partial charge is 0.321 e. The first-order valence-electron chi connectivity index (χ1n) is 6.06. The van der Waals surface area contributed by atoms with Crippen LogP contribution in [0.1, 0.15) is 10.7 Å². The molecular formula is C14H12N4OS. The van der Waals surface area contributed by atoms with Gasteiger partial charge < -0.3 is 5.32 Å². The monoisotopic (exact) mass is 284 g/mol. The normalized spacial score (nSPS) is 11.2. The molecular weight excluding hydrogens is 272 g/mol. The van der Waals surface area contributed by atoms with Gasteiger partial charge in [0.25, 0.3) is 0 Å². The van der Waals surface area contributed by atoms with Crippen molar-refractivity contribution in [3.63, 3.8) is 0 Å². The van der Waals surface area contributed by atoms with Gasteiger partial charge in [-0.05, 0) is 19.1 Å². The molecule has 0 spiro atoms. The SMILES string of the molecule is Cc1nc(/C=C/C(=O)Nc2cccc3cn[nH]c23)cs1. The van der Waals surface area contributed by atoms with Gasteiger partial charge in [0.1, 0.15) is 0 Å². The molecule has 0 radical (unpaired) electrons. The first-order valence-corrected chi connectivity index (χ1v) is 6.93. The Bertz CT molecular complexity index is 787. The van der Waals surface area contributed by atoms with Gasteiger partial charge in [-0.2, -0.15) is 5.10 Å². The molecule has 0 fully saturated rings. The molecule has 2 N–H and O–H groups in total. The van der Waals surface area contributed by atoms with Crippen LogP contribution in [0.4, 0.5) is 5.69 Å². The molecule has 0 aliphatic carbocycles. The summed E-state index contributed by atoms with van der Waals surface area (Å²) in [5.41, 5.74) is 2.32. The molecule has 0 unspecified atom stereocenters. The third-order valence-electron chi connectivity index (χ3n) is 2.78. The summed E-state index contributed by atoms with van der Waals surface area (Å²) >= 11 is 1.56. The van der Waals surface area contributed by atoms with E-state index in [9.17, 15) is 4.79 Å². The summed E-state index contributed by atoms with van der Waals surface area (Å²) in [6.45, 7) is 1.93. The fourth-order valence-electron chi connectivity index (χ4n) is 1.87. The lowest BCUT2D eigenvalue weighted by Crippen LogP contribution is -2.08. The van der Waals surface area contributed by atoms with E-state index >= 15 is 0 Å². The number of carbonyl (C=O) groups is 1. The van der Waals surface area contributed by atoms with Gasteiger partial charge in [-0.1, -0.05) is 12.1 Å². The van der Waals surface area contributed by atoms with Crippen molar-refractivity contribution in [3.8, 4) is 0 Å². The quantitative estimate of drug-likeness (QED) is 0.726. The highest BCUT2D eigenvalue weighted by Crippen LogP contribution is 2.20. The maximum absolute atomic E-state index is 11.9. The van der Waals surface area contributed by atoms with Crippen LogP contribution in [0, 0.1) is 6.92 Å². The second-order valence-corrected chi connectivity index (χ2v) is 5.32. The lowest BCUT2D eigenvalue weighted by atomic mass is 10.2. The number of amides is 1. The second-order valence-electron chi connectivity index (χ2n) is 4.25. The van der Waals surface area contributed by atoms with Crippen LogP contribution in [0.2, 0.25) is 0 Å². The zero-order chi connectivity index (χ0) is 13.9. The van der Waals surface area contributed by atoms with Crippen LogP contribution in [0.3, 0.4) is 0 Å². The Morgan fingerprint density at radius 1 is 1.45 bits per heavy atom. The van der Waals surface area contributed by atoms with Gasteiger partial charge in [-0.15, -0.1) is 11.3 Å². The van der Waals surface area contributed by atoms with Crippen molar-refractivity contribution in [3.05, 3.63) is 46.6 Å². The van der Waals surface area contributed by atoms with E-state index in [4.69, 9.17) is 0 Å². The van der Waals surface area contributed by atoms with E-state index < -0.39 is 0 Å². The average molecular weight is 284 g/mol. The number of aryl methyl sites for hydroxylation is 1. The van der Waals surface area contributed by atoms with Crippen molar-refractivity contribution >= 4 is 39.9 Å². The number of fused-ring (bicyclic) bond motifs is 1. The standard InChI is InChI=1S/C14H12N4OS/c1-9-16-11(8-20-9)5-6-13(19)17-12-4-2-3-10-7-15-18-14(10)12/h2-8H,1H3,(H,15,18)(H,17,19)/b6-5+. The predicted octanol–water partition coefficient (Wildman–Crippen LogP) is 2.98.